The van der Waals surface area contributed by atoms with Crippen LogP contribution in [0.25, 0.3) is 0 Å². The lowest BCUT2D eigenvalue weighted by Crippen LogP contribution is -2.47. The number of carbonyl (C=O) groups excluding carboxylic acids is 3. The highest BCUT2D eigenvalue weighted by Gasteiger charge is 2.37. The zero-order valence-electron chi connectivity index (χ0n) is 25.6. The molecule has 0 spiro atoms. The molecule has 0 aliphatic carbocycles. The summed E-state index contributed by atoms with van der Waals surface area (Å²) in [5.74, 6) is 1.56. The first kappa shape index (κ1) is 30.4. The molecule has 11 heteroatoms. The van der Waals surface area contributed by atoms with Crippen molar-refractivity contribution < 1.29 is 19.1 Å². The van der Waals surface area contributed by atoms with E-state index < -0.39 is 0 Å². The lowest BCUT2D eigenvalue weighted by Gasteiger charge is -2.42. The summed E-state index contributed by atoms with van der Waals surface area (Å²) in [6.07, 6.45) is 11.8. The second-order valence-corrected chi connectivity index (χ2v) is 13.0. The van der Waals surface area contributed by atoms with E-state index in [9.17, 15) is 14.4 Å². The molecule has 44 heavy (non-hydrogen) atoms. The van der Waals surface area contributed by atoms with E-state index in [0.717, 1.165) is 76.8 Å². The van der Waals surface area contributed by atoms with Crippen molar-refractivity contribution >= 4 is 17.7 Å². The minimum Gasteiger partial charge on any atom is -0.478 e. The van der Waals surface area contributed by atoms with E-state index in [-0.39, 0.29) is 41.4 Å². The normalized spacial score (nSPS) is 27.2. The number of ether oxygens (including phenoxy) is 1. The summed E-state index contributed by atoms with van der Waals surface area (Å²) in [5, 5.41) is 3.05. The molecule has 0 unspecified atom stereocenters. The fraction of sp³-hybridized carbons (Fsp3) is 0.636. The first-order chi connectivity index (χ1) is 21.5. The topological polar surface area (TPSA) is 121 Å². The molecule has 4 bridgehead atoms. The highest BCUT2D eigenvalue weighted by atomic mass is 16.5. The van der Waals surface area contributed by atoms with Crippen LogP contribution in [0.15, 0.2) is 36.9 Å². The highest BCUT2D eigenvalue weighted by molar-refractivity contribution is 5.92. The molecule has 2 aromatic heterocycles. The van der Waals surface area contributed by atoms with Crippen LogP contribution in [0.2, 0.25) is 0 Å². The fourth-order valence-electron chi connectivity index (χ4n) is 7.54. The smallest absolute Gasteiger partial charge is 0.270 e. The molecule has 6 heterocycles. The van der Waals surface area contributed by atoms with Gasteiger partial charge in [0.1, 0.15) is 12.0 Å². The zero-order valence-corrected chi connectivity index (χ0v) is 25.6. The van der Waals surface area contributed by atoms with Gasteiger partial charge in [-0.2, -0.15) is 0 Å². The molecule has 3 fully saturated rings. The quantitative estimate of drug-likeness (QED) is 0.567. The van der Waals surface area contributed by atoms with Crippen LogP contribution in [0.5, 0.6) is 5.88 Å². The van der Waals surface area contributed by atoms with Gasteiger partial charge in [0.15, 0.2) is 0 Å². The number of nitrogens with one attached hydrogen (secondary N) is 1. The van der Waals surface area contributed by atoms with Crippen LogP contribution in [0.4, 0.5) is 0 Å². The summed E-state index contributed by atoms with van der Waals surface area (Å²) < 4.78 is 6.03. The van der Waals surface area contributed by atoms with E-state index in [1.165, 1.54) is 0 Å². The van der Waals surface area contributed by atoms with Crippen molar-refractivity contribution in [2.45, 2.75) is 57.9 Å². The van der Waals surface area contributed by atoms with Gasteiger partial charge in [0.25, 0.3) is 5.91 Å². The Hall–Kier alpha value is -3.60. The average Bonchev–Trinajstić information content (AvgIpc) is 3.59. The maximum Gasteiger partial charge on any atom is 0.270 e. The van der Waals surface area contributed by atoms with Gasteiger partial charge >= 0.3 is 0 Å². The number of piperidine rings is 2. The molecule has 0 radical (unpaired) electrons. The summed E-state index contributed by atoms with van der Waals surface area (Å²) >= 11 is 0. The standard InChI is InChI=1S/C33H45N7O4/c41-31(39-11-1-2-12-39)16-26-8-14-40-22-28(26)9-15-44-30-5-3-4-29(37-30)33(43)36-10-6-27-21-38(13-7-25(27)17-32(40)42)20-24-18-34-23-35-19-24/h3-5,18-19,23,25-28H,1-2,6-17,20-22H2,(H,36,43)/t25-,26-,27-,28-/m0/s1. The van der Waals surface area contributed by atoms with Crippen LogP contribution < -0.4 is 10.1 Å². The monoisotopic (exact) mass is 603 g/mol. The number of hydrogen-bond donors (Lipinski definition) is 1. The van der Waals surface area contributed by atoms with E-state index in [0.29, 0.717) is 50.7 Å². The predicted molar refractivity (Wildman–Crippen MR) is 163 cm³/mol. The largest absolute Gasteiger partial charge is 0.478 e. The van der Waals surface area contributed by atoms with Crippen LogP contribution in [0.3, 0.4) is 0 Å². The van der Waals surface area contributed by atoms with Crippen LogP contribution in [0.1, 0.15) is 67.4 Å². The Bertz CT molecular complexity index is 1290. The minimum absolute atomic E-state index is 0.173. The summed E-state index contributed by atoms with van der Waals surface area (Å²) in [7, 11) is 0. The summed E-state index contributed by atoms with van der Waals surface area (Å²) in [6.45, 7) is 6.55. The SMILES string of the molecule is O=C1NCC[C@H]2CN(Cc3cncnc3)CC[C@H]2CC(=O)N2CC[C@@H](CC(=O)N3CCCC3)[C@@H](CCOc3cccc1n3)C2. The Morgan fingerprint density at radius 2 is 1.77 bits per heavy atom. The number of fused-ring (bicyclic) bond motifs is 5. The van der Waals surface area contributed by atoms with Crippen molar-refractivity contribution in [2.75, 3.05) is 52.4 Å². The van der Waals surface area contributed by atoms with Crippen molar-refractivity contribution in [1.82, 2.24) is 35.0 Å². The molecular weight excluding hydrogens is 558 g/mol. The number of rotatable bonds is 4. The summed E-state index contributed by atoms with van der Waals surface area (Å²) in [6, 6.07) is 5.28. The molecule has 0 aromatic carbocycles. The molecule has 6 rings (SSSR count). The molecule has 4 aliphatic rings. The van der Waals surface area contributed by atoms with Gasteiger partial charge in [-0.05, 0) is 74.8 Å². The Labute approximate surface area is 259 Å². The van der Waals surface area contributed by atoms with Gasteiger partial charge in [-0.3, -0.25) is 19.3 Å². The molecule has 2 aromatic rings. The predicted octanol–water partition coefficient (Wildman–Crippen LogP) is 2.78. The third-order valence-electron chi connectivity index (χ3n) is 10.1. The number of amides is 3. The van der Waals surface area contributed by atoms with E-state index in [1.54, 1.807) is 24.5 Å². The highest BCUT2D eigenvalue weighted by Crippen LogP contribution is 2.34. The van der Waals surface area contributed by atoms with Gasteiger partial charge in [-0.15, -0.1) is 0 Å². The van der Waals surface area contributed by atoms with Gasteiger partial charge in [0, 0.05) is 82.7 Å². The number of carbonyl (C=O) groups is 3. The Balaban J connectivity index is 1.18. The molecule has 1 N–H and O–H groups in total. The van der Waals surface area contributed by atoms with Crippen molar-refractivity contribution in [1.29, 1.82) is 0 Å². The van der Waals surface area contributed by atoms with Crippen molar-refractivity contribution in [2.24, 2.45) is 23.7 Å². The Morgan fingerprint density at radius 3 is 2.61 bits per heavy atom. The van der Waals surface area contributed by atoms with Gasteiger partial charge in [-0.25, -0.2) is 15.0 Å². The molecule has 11 nitrogen and oxygen atoms in total. The zero-order chi connectivity index (χ0) is 30.3. The Morgan fingerprint density at radius 1 is 0.932 bits per heavy atom. The molecular formula is C33H45N7O4. The average molecular weight is 604 g/mol. The summed E-state index contributed by atoms with van der Waals surface area (Å²) in [4.78, 5) is 59.2. The van der Waals surface area contributed by atoms with Gasteiger partial charge in [0.2, 0.25) is 17.7 Å². The number of likely N-dealkylation sites (tertiary alicyclic amines) is 2. The molecule has 4 atom stereocenters. The van der Waals surface area contributed by atoms with Crippen LogP contribution in [0, 0.1) is 23.7 Å². The first-order valence-electron chi connectivity index (χ1n) is 16.4. The van der Waals surface area contributed by atoms with Crippen LogP contribution in [-0.4, -0.2) is 99.8 Å². The van der Waals surface area contributed by atoms with E-state index >= 15 is 0 Å². The summed E-state index contributed by atoms with van der Waals surface area (Å²) in [5.41, 5.74) is 1.41. The third-order valence-corrected chi connectivity index (χ3v) is 10.1. The minimum atomic E-state index is -0.219. The van der Waals surface area contributed by atoms with E-state index in [2.05, 4.69) is 25.2 Å². The lowest BCUT2D eigenvalue weighted by molar-refractivity contribution is -0.137. The second-order valence-electron chi connectivity index (χ2n) is 13.0. The number of aromatic nitrogens is 3. The van der Waals surface area contributed by atoms with Crippen molar-refractivity contribution in [3.05, 3.63) is 48.2 Å². The van der Waals surface area contributed by atoms with Gasteiger partial charge < -0.3 is 19.9 Å². The molecule has 3 amide bonds. The fourth-order valence-corrected chi connectivity index (χ4v) is 7.54. The van der Waals surface area contributed by atoms with Crippen LogP contribution in [-0.2, 0) is 16.1 Å². The third kappa shape index (κ3) is 7.72. The van der Waals surface area contributed by atoms with Crippen molar-refractivity contribution in [3.8, 4) is 5.88 Å². The molecule has 236 valence electrons. The first-order valence-corrected chi connectivity index (χ1v) is 16.4. The number of pyridine rings is 1. The number of nitrogens with zero attached hydrogens (tertiary/aromatic N) is 6. The van der Waals surface area contributed by atoms with E-state index in [4.69, 9.17) is 4.74 Å². The maximum absolute atomic E-state index is 13.8. The number of hydrogen-bond acceptors (Lipinski definition) is 8. The van der Waals surface area contributed by atoms with Gasteiger partial charge in [0.05, 0.1) is 6.61 Å². The van der Waals surface area contributed by atoms with Crippen LogP contribution >= 0.6 is 0 Å². The lowest BCUT2D eigenvalue weighted by atomic mass is 9.79. The van der Waals surface area contributed by atoms with Gasteiger partial charge in [-0.1, -0.05) is 6.07 Å². The molecule has 3 saturated heterocycles. The van der Waals surface area contributed by atoms with E-state index in [1.807, 2.05) is 22.2 Å². The Kier molecular flexibility index (Phi) is 10.00. The maximum atomic E-state index is 13.8. The molecule has 4 aliphatic heterocycles. The van der Waals surface area contributed by atoms with Crippen molar-refractivity contribution in [3.63, 3.8) is 0 Å². The second kappa shape index (κ2) is 14.5. The molecule has 0 saturated carbocycles.